The molecule has 1 atom stereocenters. The fourth-order valence-electron chi connectivity index (χ4n) is 2.30. The molecule has 0 aliphatic carbocycles. The zero-order valence-electron chi connectivity index (χ0n) is 13.1. The van der Waals surface area contributed by atoms with E-state index >= 15 is 0 Å². The standard InChI is InChI=1S/C16H14F2N4O2S/c1-11(12-2-5-14(6-3-12)22-10-19-9-20-22)21-25(23,24)16-8-13(17)4-7-15(16)18/h2-11,21H,1H3/t11-/m1/s1. The van der Waals surface area contributed by atoms with E-state index in [1.165, 1.54) is 12.7 Å². The molecule has 3 rings (SSSR count). The second-order valence-electron chi connectivity index (χ2n) is 5.35. The van der Waals surface area contributed by atoms with Crippen molar-refractivity contribution in [3.05, 3.63) is 72.3 Å². The summed E-state index contributed by atoms with van der Waals surface area (Å²) in [4.78, 5) is 3.12. The highest BCUT2D eigenvalue weighted by atomic mass is 32.2. The van der Waals surface area contributed by atoms with Crippen LogP contribution in [0.2, 0.25) is 0 Å². The molecular weight excluding hydrogens is 350 g/mol. The largest absolute Gasteiger partial charge is 0.244 e. The highest BCUT2D eigenvalue weighted by Crippen LogP contribution is 2.21. The van der Waals surface area contributed by atoms with E-state index in [1.807, 2.05) is 0 Å². The van der Waals surface area contributed by atoms with Crippen LogP contribution in [-0.4, -0.2) is 23.2 Å². The Bertz CT molecular complexity index is 974. The maximum atomic E-state index is 13.7. The molecule has 0 saturated carbocycles. The fourth-order valence-corrected chi connectivity index (χ4v) is 3.63. The van der Waals surface area contributed by atoms with Crippen molar-refractivity contribution >= 4 is 10.0 Å². The summed E-state index contributed by atoms with van der Waals surface area (Å²) in [5.74, 6) is -1.84. The average molecular weight is 364 g/mol. The van der Waals surface area contributed by atoms with Gasteiger partial charge in [0.25, 0.3) is 0 Å². The SMILES string of the molecule is C[C@@H](NS(=O)(=O)c1cc(F)ccc1F)c1ccc(-n2cncn2)cc1. The first-order valence-electron chi connectivity index (χ1n) is 7.29. The van der Waals surface area contributed by atoms with E-state index in [2.05, 4.69) is 14.8 Å². The van der Waals surface area contributed by atoms with Gasteiger partial charge in [-0.25, -0.2) is 31.6 Å². The van der Waals surface area contributed by atoms with Gasteiger partial charge in [-0.3, -0.25) is 0 Å². The topological polar surface area (TPSA) is 76.9 Å². The van der Waals surface area contributed by atoms with Gasteiger partial charge in [0.2, 0.25) is 10.0 Å². The molecule has 0 saturated heterocycles. The van der Waals surface area contributed by atoms with E-state index in [9.17, 15) is 17.2 Å². The van der Waals surface area contributed by atoms with Gasteiger partial charge in [-0.05, 0) is 42.8 Å². The van der Waals surface area contributed by atoms with Crippen molar-refractivity contribution in [2.24, 2.45) is 0 Å². The second kappa shape index (κ2) is 6.69. The summed E-state index contributed by atoms with van der Waals surface area (Å²) < 4.78 is 55.5. The van der Waals surface area contributed by atoms with E-state index in [-0.39, 0.29) is 0 Å². The van der Waals surface area contributed by atoms with E-state index in [0.29, 0.717) is 11.6 Å². The molecule has 1 aromatic heterocycles. The Morgan fingerprint density at radius 3 is 2.48 bits per heavy atom. The van der Waals surface area contributed by atoms with Crippen molar-refractivity contribution in [3.8, 4) is 5.69 Å². The summed E-state index contributed by atoms with van der Waals surface area (Å²) in [5.41, 5.74) is 1.41. The van der Waals surface area contributed by atoms with Crippen molar-refractivity contribution < 1.29 is 17.2 Å². The van der Waals surface area contributed by atoms with Gasteiger partial charge in [-0.15, -0.1) is 0 Å². The quantitative estimate of drug-likeness (QED) is 0.755. The summed E-state index contributed by atoms with van der Waals surface area (Å²) in [6.45, 7) is 1.61. The van der Waals surface area contributed by atoms with Crippen LogP contribution in [0.3, 0.4) is 0 Å². The molecule has 0 fully saturated rings. The zero-order chi connectivity index (χ0) is 18.0. The van der Waals surface area contributed by atoms with Crippen LogP contribution in [0.4, 0.5) is 8.78 Å². The molecule has 3 aromatic rings. The number of rotatable bonds is 5. The van der Waals surface area contributed by atoms with E-state index in [1.54, 1.807) is 35.9 Å². The van der Waals surface area contributed by atoms with Gasteiger partial charge in [-0.1, -0.05) is 12.1 Å². The molecule has 0 spiro atoms. The molecule has 9 heteroatoms. The lowest BCUT2D eigenvalue weighted by Gasteiger charge is -2.15. The molecule has 0 unspecified atom stereocenters. The molecule has 1 N–H and O–H groups in total. The molecular formula is C16H14F2N4O2S. The molecule has 0 radical (unpaired) electrons. The summed E-state index contributed by atoms with van der Waals surface area (Å²) in [7, 11) is -4.21. The number of halogens is 2. The third-order valence-corrected chi connectivity index (χ3v) is 5.15. The molecule has 130 valence electrons. The summed E-state index contributed by atoms with van der Waals surface area (Å²) >= 11 is 0. The van der Waals surface area contributed by atoms with Crippen LogP contribution in [-0.2, 0) is 10.0 Å². The molecule has 25 heavy (non-hydrogen) atoms. The fraction of sp³-hybridized carbons (Fsp3) is 0.125. The summed E-state index contributed by atoms with van der Waals surface area (Å²) in [6.07, 6.45) is 2.94. The molecule has 1 heterocycles. The lowest BCUT2D eigenvalue weighted by molar-refractivity contribution is 0.538. The first-order chi connectivity index (χ1) is 11.9. The van der Waals surface area contributed by atoms with Crippen LogP contribution in [0.5, 0.6) is 0 Å². The maximum Gasteiger partial charge on any atom is 0.244 e. The van der Waals surface area contributed by atoms with Gasteiger partial charge < -0.3 is 0 Å². The highest BCUT2D eigenvalue weighted by Gasteiger charge is 2.22. The number of hydrogen-bond donors (Lipinski definition) is 1. The van der Waals surface area contributed by atoms with E-state index in [4.69, 9.17) is 0 Å². The number of nitrogens with one attached hydrogen (secondary N) is 1. The van der Waals surface area contributed by atoms with Gasteiger partial charge in [0.15, 0.2) is 0 Å². The van der Waals surface area contributed by atoms with Gasteiger partial charge in [0.1, 0.15) is 29.2 Å². The Hall–Kier alpha value is -2.65. The van der Waals surface area contributed by atoms with Crippen LogP contribution in [0.1, 0.15) is 18.5 Å². The molecule has 2 aromatic carbocycles. The predicted molar refractivity (Wildman–Crippen MR) is 86.5 cm³/mol. The minimum atomic E-state index is -4.21. The Morgan fingerprint density at radius 1 is 1.12 bits per heavy atom. The number of sulfonamides is 1. The van der Waals surface area contributed by atoms with Crippen LogP contribution in [0.15, 0.2) is 60.0 Å². The highest BCUT2D eigenvalue weighted by molar-refractivity contribution is 7.89. The third kappa shape index (κ3) is 3.72. The number of hydrogen-bond acceptors (Lipinski definition) is 4. The van der Waals surface area contributed by atoms with Crippen LogP contribution in [0.25, 0.3) is 5.69 Å². The third-order valence-electron chi connectivity index (χ3n) is 3.59. The first-order valence-corrected chi connectivity index (χ1v) is 8.77. The van der Waals surface area contributed by atoms with Crippen LogP contribution < -0.4 is 4.72 Å². The molecule has 0 aliphatic heterocycles. The van der Waals surface area contributed by atoms with Crippen LogP contribution >= 0.6 is 0 Å². The van der Waals surface area contributed by atoms with Gasteiger partial charge in [0, 0.05) is 6.04 Å². The van der Waals surface area contributed by atoms with Crippen molar-refractivity contribution in [2.75, 3.05) is 0 Å². The van der Waals surface area contributed by atoms with Crippen molar-refractivity contribution in [1.29, 1.82) is 0 Å². The smallest absolute Gasteiger partial charge is 0.223 e. The zero-order valence-corrected chi connectivity index (χ0v) is 13.9. The Balaban J connectivity index is 1.81. The number of benzene rings is 2. The van der Waals surface area contributed by atoms with Crippen molar-refractivity contribution in [2.45, 2.75) is 17.9 Å². The monoisotopic (exact) mass is 364 g/mol. The normalized spacial score (nSPS) is 12.9. The number of nitrogens with zero attached hydrogens (tertiary/aromatic N) is 3. The average Bonchev–Trinajstić information content (AvgIpc) is 3.11. The minimum Gasteiger partial charge on any atom is -0.223 e. The van der Waals surface area contributed by atoms with Crippen molar-refractivity contribution in [1.82, 2.24) is 19.5 Å². The summed E-state index contributed by atoms with van der Waals surface area (Å²) in [5, 5.41) is 3.99. The number of aromatic nitrogens is 3. The molecule has 0 aliphatic rings. The summed E-state index contributed by atoms with van der Waals surface area (Å²) in [6, 6.07) is 8.57. The first kappa shape index (κ1) is 17.2. The van der Waals surface area contributed by atoms with Gasteiger partial charge in [0.05, 0.1) is 5.69 Å². The predicted octanol–water partition coefficient (Wildman–Crippen LogP) is 2.59. The maximum absolute atomic E-state index is 13.7. The molecule has 6 nitrogen and oxygen atoms in total. The van der Waals surface area contributed by atoms with E-state index < -0.39 is 32.6 Å². The Labute approximate surface area is 143 Å². The van der Waals surface area contributed by atoms with Gasteiger partial charge in [-0.2, -0.15) is 5.10 Å². The van der Waals surface area contributed by atoms with Crippen LogP contribution in [0, 0.1) is 11.6 Å². The second-order valence-corrected chi connectivity index (χ2v) is 7.03. The lowest BCUT2D eigenvalue weighted by atomic mass is 10.1. The lowest BCUT2D eigenvalue weighted by Crippen LogP contribution is -2.27. The van der Waals surface area contributed by atoms with E-state index in [0.717, 1.165) is 17.8 Å². The van der Waals surface area contributed by atoms with Crippen molar-refractivity contribution in [3.63, 3.8) is 0 Å². The molecule has 0 amide bonds. The van der Waals surface area contributed by atoms with Gasteiger partial charge >= 0.3 is 0 Å². The Kier molecular flexibility index (Phi) is 4.60. The minimum absolute atomic E-state index is 0.641. The Morgan fingerprint density at radius 2 is 1.84 bits per heavy atom. The molecule has 0 bridgehead atoms.